The van der Waals surface area contributed by atoms with Crippen molar-refractivity contribution in [2.45, 2.75) is 26.7 Å². The molecule has 35 heavy (non-hydrogen) atoms. The van der Waals surface area contributed by atoms with Crippen molar-refractivity contribution in [2.75, 3.05) is 38.1 Å². The zero-order chi connectivity index (χ0) is 24.8. The number of hydrogen-bond acceptors (Lipinski definition) is 7. The predicted molar refractivity (Wildman–Crippen MR) is 132 cm³/mol. The molecule has 10 nitrogen and oxygen atoms in total. The van der Waals surface area contributed by atoms with E-state index in [2.05, 4.69) is 25.6 Å². The number of aromatic amines is 1. The van der Waals surface area contributed by atoms with Gasteiger partial charge in [0.25, 0.3) is 5.91 Å². The molecule has 0 radical (unpaired) electrons. The highest BCUT2D eigenvalue weighted by Gasteiger charge is 2.29. The minimum atomic E-state index is -0.191. The molecule has 0 atom stereocenters. The van der Waals surface area contributed by atoms with Crippen LogP contribution in [0.25, 0.3) is 22.4 Å². The van der Waals surface area contributed by atoms with Crippen LogP contribution in [0.2, 0.25) is 0 Å². The minimum Gasteiger partial charge on any atom is -0.466 e. The number of piperidine rings is 1. The summed E-state index contributed by atoms with van der Waals surface area (Å²) in [4.78, 5) is 50.7. The summed E-state index contributed by atoms with van der Waals surface area (Å²) < 4.78 is 5.12. The van der Waals surface area contributed by atoms with E-state index in [-0.39, 0.29) is 23.7 Å². The average molecular weight is 479 g/mol. The number of hydrogen-bond donors (Lipinski definition) is 3. The van der Waals surface area contributed by atoms with Crippen LogP contribution in [0.5, 0.6) is 0 Å². The Bertz CT molecular complexity index is 1200. The number of nitrogens with one attached hydrogen (secondary N) is 3. The van der Waals surface area contributed by atoms with Crippen LogP contribution in [-0.4, -0.2) is 70.4 Å². The molecule has 0 saturated carbocycles. The van der Waals surface area contributed by atoms with E-state index in [0.717, 1.165) is 5.56 Å². The Morgan fingerprint density at radius 1 is 1.11 bits per heavy atom. The van der Waals surface area contributed by atoms with Gasteiger partial charge in [0.15, 0.2) is 5.82 Å². The number of amides is 2. The molecule has 3 aromatic rings. The second kappa shape index (κ2) is 11.0. The summed E-state index contributed by atoms with van der Waals surface area (Å²) in [5.41, 5.74) is 1.81. The third kappa shape index (κ3) is 5.76. The number of benzene rings is 1. The Hall–Kier alpha value is -3.95. The van der Waals surface area contributed by atoms with E-state index >= 15 is 0 Å². The molecule has 2 amide bonds. The van der Waals surface area contributed by atoms with Crippen LogP contribution in [0.4, 0.5) is 5.82 Å². The van der Waals surface area contributed by atoms with Crippen molar-refractivity contribution in [2.24, 2.45) is 5.92 Å². The van der Waals surface area contributed by atoms with Gasteiger partial charge in [0.05, 0.1) is 17.9 Å². The summed E-state index contributed by atoms with van der Waals surface area (Å²) in [6.45, 7) is 5.50. The van der Waals surface area contributed by atoms with Gasteiger partial charge in [-0.25, -0.2) is 9.97 Å². The number of nitrogens with zero attached hydrogens (tertiary/aromatic N) is 3. The first kappa shape index (κ1) is 24.2. The van der Waals surface area contributed by atoms with E-state index in [9.17, 15) is 14.4 Å². The van der Waals surface area contributed by atoms with Crippen LogP contribution in [0.15, 0.2) is 36.4 Å². The number of aromatic nitrogens is 3. The first-order valence-electron chi connectivity index (χ1n) is 11.9. The first-order valence-corrected chi connectivity index (χ1v) is 11.9. The van der Waals surface area contributed by atoms with Crippen molar-refractivity contribution in [3.05, 3.63) is 42.1 Å². The van der Waals surface area contributed by atoms with E-state index in [1.807, 2.05) is 30.3 Å². The third-order valence-electron chi connectivity index (χ3n) is 5.94. The van der Waals surface area contributed by atoms with Gasteiger partial charge in [-0.3, -0.25) is 14.4 Å². The smallest absolute Gasteiger partial charge is 0.309 e. The van der Waals surface area contributed by atoms with E-state index in [4.69, 9.17) is 4.74 Å². The van der Waals surface area contributed by atoms with E-state index < -0.39 is 0 Å². The molecular formula is C25H30N6O4. The number of anilines is 1. The molecule has 1 aromatic carbocycles. The molecule has 10 heteroatoms. The average Bonchev–Trinajstić information content (AvgIpc) is 3.31. The summed E-state index contributed by atoms with van der Waals surface area (Å²) in [5.74, 6) is 0.498. The van der Waals surface area contributed by atoms with Crippen molar-refractivity contribution in [1.29, 1.82) is 0 Å². The van der Waals surface area contributed by atoms with E-state index in [1.54, 1.807) is 17.9 Å². The fraction of sp³-hybridized carbons (Fsp3) is 0.400. The monoisotopic (exact) mass is 478 g/mol. The fourth-order valence-corrected chi connectivity index (χ4v) is 4.14. The van der Waals surface area contributed by atoms with Gasteiger partial charge in [-0.2, -0.15) is 0 Å². The second-order valence-corrected chi connectivity index (χ2v) is 8.44. The van der Waals surface area contributed by atoms with Crippen molar-refractivity contribution >= 4 is 34.6 Å². The number of likely N-dealkylation sites (tertiary alicyclic amines) is 1. The van der Waals surface area contributed by atoms with Crippen LogP contribution in [0.1, 0.15) is 37.2 Å². The normalized spacial score (nSPS) is 14.1. The third-order valence-corrected chi connectivity index (χ3v) is 5.94. The van der Waals surface area contributed by atoms with Gasteiger partial charge in [0.1, 0.15) is 17.2 Å². The van der Waals surface area contributed by atoms with Crippen LogP contribution in [0, 0.1) is 5.92 Å². The lowest BCUT2D eigenvalue weighted by molar-refractivity contribution is -0.149. The molecule has 0 spiro atoms. The van der Waals surface area contributed by atoms with Crippen molar-refractivity contribution in [3.63, 3.8) is 0 Å². The van der Waals surface area contributed by atoms with Crippen LogP contribution >= 0.6 is 0 Å². The topological polar surface area (TPSA) is 129 Å². The van der Waals surface area contributed by atoms with Gasteiger partial charge in [-0.1, -0.05) is 30.3 Å². The Morgan fingerprint density at radius 2 is 1.86 bits per heavy atom. The molecule has 4 rings (SSSR count). The molecule has 1 aliphatic rings. The summed E-state index contributed by atoms with van der Waals surface area (Å²) in [7, 11) is 0. The molecule has 0 bridgehead atoms. The van der Waals surface area contributed by atoms with Crippen LogP contribution in [-0.2, 0) is 14.3 Å². The number of rotatable bonds is 8. The van der Waals surface area contributed by atoms with Gasteiger partial charge in [0, 0.05) is 38.7 Å². The van der Waals surface area contributed by atoms with Crippen molar-refractivity contribution < 1.29 is 19.1 Å². The Morgan fingerprint density at radius 3 is 2.54 bits per heavy atom. The van der Waals surface area contributed by atoms with Crippen molar-refractivity contribution in [1.82, 2.24) is 25.2 Å². The Balaban J connectivity index is 1.56. The molecule has 184 valence electrons. The number of H-pyrrole nitrogens is 1. The number of carbonyl (C=O) groups is 3. The fourth-order valence-electron chi connectivity index (χ4n) is 4.14. The van der Waals surface area contributed by atoms with E-state index in [1.165, 1.54) is 6.92 Å². The first-order chi connectivity index (χ1) is 17.0. The Labute approximate surface area is 203 Å². The molecule has 1 fully saturated rings. The highest BCUT2D eigenvalue weighted by molar-refractivity contribution is 6.00. The maximum atomic E-state index is 13.2. The zero-order valence-corrected chi connectivity index (χ0v) is 20.0. The summed E-state index contributed by atoms with van der Waals surface area (Å²) in [6.07, 6.45) is 1.16. The van der Waals surface area contributed by atoms with Gasteiger partial charge in [-0.15, -0.1) is 0 Å². The number of ether oxygens (including phenoxy) is 1. The Kier molecular flexibility index (Phi) is 7.59. The molecule has 0 unspecified atom stereocenters. The molecule has 3 heterocycles. The summed E-state index contributed by atoms with van der Waals surface area (Å²) in [6, 6.07) is 11.3. The molecule has 2 aromatic heterocycles. The maximum Gasteiger partial charge on any atom is 0.309 e. The second-order valence-electron chi connectivity index (χ2n) is 8.44. The molecule has 1 saturated heterocycles. The van der Waals surface area contributed by atoms with Gasteiger partial charge in [0.2, 0.25) is 5.91 Å². The maximum absolute atomic E-state index is 13.2. The zero-order valence-electron chi connectivity index (χ0n) is 20.0. The van der Waals surface area contributed by atoms with Crippen molar-refractivity contribution in [3.8, 4) is 11.4 Å². The highest BCUT2D eigenvalue weighted by Crippen LogP contribution is 2.27. The van der Waals surface area contributed by atoms with Gasteiger partial charge >= 0.3 is 5.97 Å². The van der Waals surface area contributed by atoms with Gasteiger partial charge in [-0.05, 0) is 25.8 Å². The van der Waals surface area contributed by atoms with Crippen LogP contribution < -0.4 is 10.6 Å². The molecule has 1 aliphatic heterocycles. The number of esters is 1. The lowest BCUT2D eigenvalue weighted by Gasteiger charge is -2.30. The SMILES string of the molecule is CCOC(=O)C1CCN(C(=O)c2cc3c(NCCNC(C)=O)nc(-c4ccccc4)nc3[nH]2)CC1. The predicted octanol–water partition coefficient (Wildman–Crippen LogP) is 2.59. The lowest BCUT2D eigenvalue weighted by atomic mass is 9.97. The highest BCUT2D eigenvalue weighted by atomic mass is 16.5. The summed E-state index contributed by atoms with van der Waals surface area (Å²) >= 11 is 0. The van der Waals surface area contributed by atoms with Gasteiger partial charge < -0.3 is 25.3 Å². The number of carbonyl (C=O) groups excluding carboxylic acids is 3. The minimum absolute atomic E-state index is 0.106. The van der Waals surface area contributed by atoms with E-state index in [0.29, 0.717) is 74.0 Å². The lowest BCUT2D eigenvalue weighted by Crippen LogP contribution is -2.40. The quantitative estimate of drug-likeness (QED) is 0.335. The molecule has 3 N–H and O–H groups in total. The largest absolute Gasteiger partial charge is 0.466 e. The standard InChI is InChI=1S/C25H30N6O4/c1-3-35-25(34)18-9-13-31(14-10-18)24(33)20-15-19-22(27-12-11-26-16(2)32)29-21(30-23(19)28-20)17-7-5-4-6-8-17/h4-8,15,18H,3,9-14H2,1-2H3,(H,26,32)(H2,27,28,29,30). The number of fused-ring (bicyclic) bond motifs is 1. The van der Waals surface area contributed by atoms with Crippen LogP contribution in [0.3, 0.4) is 0 Å². The molecule has 0 aliphatic carbocycles. The molecular weight excluding hydrogens is 448 g/mol. The summed E-state index contributed by atoms with van der Waals surface area (Å²) in [5, 5.41) is 6.69.